The first-order chi connectivity index (χ1) is 14.6. The molecule has 0 spiro atoms. The number of pyridine rings is 1. The summed E-state index contributed by atoms with van der Waals surface area (Å²) in [6, 6.07) is 10.4. The molecule has 0 unspecified atom stereocenters. The molecule has 30 heavy (non-hydrogen) atoms. The Morgan fingerprint density at radius 3 is 2.63 bits per heavy atom. The van der Waals surface area contributed by atoms with Crippen molar-refractivity contribution >= 4 is 23.4 Å². The summed E-state index contributed by atoms with van der Waals surface area (Å²) in [6.07, 6.45) is 9.52. The zero-order valence-electron chi connectivity index (χ0n) is 17.5. The van der Waals surface area contributed by atoms with Gasteiger partial charge in [0, 0.05) is 29.7 Å². The number of nitrogens with zero attached hydrogens (tertiary/aromatic N) is 4. The number of anilines is 1. The molecular formula is C23H27N5OS. The topological polar surface area (TPSA) is 72.7 Å². The molecule has 4 rings (SSSR count). The molecule has 2 heterocycles. The Labute approximate surface area is 181 Å². The lowest BCUT2D eigenvalue weighted by Crippen LogP contribution is -2.17. The minimum absolute atomic E-state index is 0.0302. The van der Waals surface area contributed by atoms with Crippen LogP contribution in [0.15, 0.2) is 47.9 Å². The Morgan fingerprint density at radius 2 is 1.87 bits per heavy atom. The van der Waals surface area contributed by atoms with Crippen molar-refractivity contribution in [2.45, 2.75) is 57.1 Å². The first kappa shape index (κ1) is 20.6. The third kappa shape index (κ3) is 4.73. The zero-order chi connectivity index (χ0) is 20.9. The summed E-state index contributed by atoms with van der Waals surface area (Å²) in [5.41, 5.74) is 4.06. The van der Waals surface area contributed by atoms with E-state index in [-0.39, 0.29) is 5.91 Å². The molecule has 2 aromatic heterocycles. The predicted molar refractivity (Wildman–Crippen MR) is 121 cm³/mol. The van der Waals surface area contributed by atoms with Gasteiger partial charge in [-0.1, -0.05) is 43.2 Å². The Bertz CT molecular complexity index is 1010. The fraction of sp³-hybridized carbons (Fsp3) is 0.391. The van der Waals surface area contributed by atoms with E-state index in [0.29, 0.717) is 11.8 Å². The lowest BCUT2D eigenvalue weighted by Gasteiger charge is -2.25. The van der Waals surface area contributed by atoms with Crippen LogP contribution >= 0.6 is 11.8 Å². The summed E-state index contributed by atoms with van der Waals surface area (Å²) in [5.74, 6) is 1.13. The number of aromatic nitrogens is 4. The van der Waals surface area contributed by atoms with Crippen molar-refractivity contribution in [2.24, 2.45) is 0 Å². The number of carbonyl (C=O) groups excluding carboxylic acids is 1. The Kier molecular flexibility index (Phi) is 6.47. The number of benzene rings is 1. The molecule has 3 aromatic rings. The molecule has 1 amide bonds. The highest BCUT2D eigenvalue weighted by atomic mass is 32.2. The first-order valence-corrected chi connectivity index (χ1v) is 11.5. The molecule has 0 bridgehead atoms. The van der Waals surface area contributed by atoms with E-state index in [4.69, 9.17) is 0 Å². The van der Waals surface area contributed by atoms with Gasteiger partial charge >= 0.3 is 0 Å². The summed E-state index contributed by atoms with van der Waals surface area (Å²) < 4.78 is 2.24. The van der Waals surface area contributed by atoms with E-state index >= 15 is 0 Å². The largest absolute Gasteiger partial charge is 0.325 e. The third-order valence-corrected chi connectivity index (χ3v) is 6.49. The van der Waals surface area contributed by atoms with Crippen molar-refractivity contribution in [2.75, 3.05) is 11.1 Å². The van der Waals surface area contributed by atoms with Crippen molar-refractivity contribution in [1.29, 1.82) is 0 Å². The van der Waals surface area contributed by atoms with Gasteiger partial charge in [-0.15, -0.1) is 10.2 Å². The summed E-state index contributed by atoms with van der Waals surface area (Å²) in [6.45, 7) is 4.03. The number of nitrogens with one attached hydrogen (secondary N) is 1. The van der Waals surface area contributed by atoms with E-state index in [1.54, 1.807) is 12.4 Å². The molecule has 0 saturated heterocycles. The van der Waals surface area contributed by atoms with Gasteiger partial charge in [-0.2, -0.15) is 0 Å². The van der Waals surface area contributed by atoms with Gasteiger partial charge in [0.2, 0.25) is 5.91 Å². The molecule has 0 atom stereocenters. The average molecular weight is 422 g/mol. The number of hydrogen-bond donors (Lipinski definition) is 1. The van der Waals surface area contributed by atoms with Crippen molar-refractivity contribution in [3.63, 3.8) is 0 Å². The highest BCUT2D eigenvalue weighted by molar-refractivity contribution is 7.99. The molecule has 0 radical (unpaired) electrons. The predicted octanol–water partition coefficient (Wildman–Crippen LogP) is 5.19. The Morgan fingerprint density at radius 1 is 1.10 bits per heavy atom. The maximum absolute atomic E-state index is 12.6. The molecule has 7 heteroatoms. The summed E-state index contributed by atoms with van der Waals surface area (Å²) in [7, 11) is 0. The lowest BCUT2D eigenvalue weighted by atomic mass is 9.95. The van der Waals surface area contributed by atoms with Gasteiger partial charge in [-0.3, -0.25) is 14.3 Å². The van der Waals surface area contributed by atoms with Crippen LogP contribution in [0.4, 0.5) is 5.69 Å². The highest BCUT2D eigenvalue weighted by Crippen LogP contribution is 2.35. The number of hydrogen-bond acceptors (Lipinski definition) is 5. The molecular weight excluding hydrogens is 394 g/mol. The van der Waals surface area contributed by atoms with Crippen LogP contribution in [-0.2, 0) is 4.79 Å². The number of amides is 1. The van der Waals surface area contributed by atoms with Crippen LogP contribution in [0.2, 0.25) is 0 Å². The van der Waals surface area contributed by atoms with Crippen molar-refractivity contribution in [1.82, 2.24) is 19.7 Å². The zero-order valence-corrected chi connectivity index (χ0v) is 18.3. The standard InChI is InChI=1S/C23H27N5OS/c1-16-8-9-17(2)20(14-16)25-21(29)15-30-23-27-26-22(18-10-12-24-13-11-18)28(23)19-6-4-3-5-7-19/h8-14,19H,3-7,15H2,1-2H3,(H,25,29). The fourth-order valence-corrected chi connectivity index (χ4v) is 4.73. The maximum Gasteiger partial charge on any atom is 0.234 e. The van der Waals surface area contributed by atoms with E-state index in [0.717, 1.165) is 46.2 Å². The molecule has 6 nitrogen and oxygen atoms in total. The van der Waals surface area contributed by atoms with Crippen molar-refractivity contribution in [3.05, 3.63) is 53.9 Å². The molecule has 0 aliphatic heterocycles. The second-order valence-corrected chi connectivity index (χ2v) is 8.80. The molecule has 1 aliphatic rings. The van der Waals surface area contributed by atoms with Gasteiger partial charge in [0.1, 0.15) is 0 Å². The number of carbonyl (C=O) groups is 1. The van der Waals surface area contributed by atoms with E-state index in [1.165, 1.54) is 31.0 Å². The maximum atomic E-state index is 12.6. The van der Waals surface area contributed by atoms with Gasteiger partial charge < -0.3 is 5.32 Å². The van der Waals surface area contributed by atoms with Crippen LogP contribution in [-0.4, -0.2) is 31.4 Å². The van der Waals surface area contributed by atoms with Gasteiger partial charge in [0.25, 0.3) is 0 Å². The second-order valence-electron chi connectivity index (χ2n) is 7.86. The van der Waals surface area contributed by atoms with Crippen LogP contribution in [0.3, 0.4) is 0 Å². The van der Waals surface area contributed by atoms with Gasteiger partial charge in [-0.05, 0) is 56.0 Å². The SMILES string of the molecule is Cc1ccc(C)c(NC(=O)CSc2nnc(-c3ccncc3)n2C2CCCCC2)c1. The average Bonchev–Trinajstić information content (AvgIpc) is 3.20. The number of thioether (sulfide) groups is 1. The Hall–Kier alpha value is -2.67. The molecule has 1 saturated carbocycles. The smallest absolute Gasteiger partial charge is 0.234 e. The third-order valence-electron chi connectivity index (χ3n) is 5.54. The number of rotatable bonds is 6. The monoisotopic (exact) mass is 421 g/mol. The van der Waals surface area contributed by atoms with Crippen LogP contribution in [0.5, 0.6) is 0 Å². The van der Waals surface area contributed by atoms with Crippen molar-refractivity contribution in [3.8, 4) is 11.4 Å². The number of aryl methyl sites for hydroxylation is 2. The lowest BCUT2D eigenvalue weighted by molar-refractivity contribution is -0.113. The fourth-order valence-electron chi connectivity index (χ4n) is 3.93. The summed E-state index contributed by atoms with van der Waals surface area (Å²) in [5, 5.41) is 12.8. The first-order valence-electron chi connectivity index (χ1n) is 10.5. The van der Waals surface area contributed by atoms with Crippen LogP contribution in [0.25, 0.3) is 11.4 Å². The minimum atomic E-state index is -0.0302. The van der Waals surface area contributed by atoms with E-state index in [2.05, 4.69) is 25.1 Å². The Balaban J connectivity index is 1.52. The molecule has 1 fully saturated rings. The minimum Gasteiger partial charge on any atom is -0.325 e. The van der Waals surface area contributed by atoms with E-state index in [9.17, 15) is 4.79 Å². The molecule has 156 valence electrons. The van der Waals surface area contributed by atoms with Crippen LogP contribution < -0.4 is 5.32 Å². The van der Waals surface area contributed by atoms with Gasteiger partial charge in [0.15, 0.2) is 11.0 Å². The van der Waals surface area contributed by atoms with Crippen LogP contribution in [0, 0.1) is 13.8 Å². The quantitative estimate of drug-likeness (QED) is 0.554. The second kappa shape index (κ2) is 9.43. The molecule has 1 aromatic carbocycles. The van der Waals surface area contributed by atoms with E-state index in [1.807, 2.05) is 44.2 Å². The van der Waals surface area contributed by atoms with Crippen LogP contribution in [0.1, 0.15) is 49.3 Å². The van der Waals surface area contributed by atoms with E-state index < -0.39 is 0 Å². The summed E-state index contributed by atoms with van der Waals surface area (Å²) in [4.78, 5) is 16.7. The summed E-state index contributed by atoms with van der Waals surface area (Å²) >= 11 is 1.46. The van der Waals surface area contributed by atoms with Crippen molar-refractivity contribution < 1.29 is 4.79 Å². The highest BCUT2D eigenvalue weighted by Gasteiger charge is 2.24. The molecule has 1 aliphatic carbocycles. The molecule has 1 N–H and O–H groups in total. The van der Waals surface area contributed by atoms with Gasteiger partial charge in [-0.25, -0.2) is 0 Å². The van der Waals surface area contributed by atoms with Gasteiger partial charge in [0.05, 0.1) is 5.75 Å². The normalized spacial score (nSPS) is 14.6.